The molecule has 0 radical (unpaired) electrons. The van der Waals surface area contributed by atoms with Gasteiger partial charge in [-0.25, -0.2) is 5.48 Å². The van der Waals surface area contributed by atoms with Crippen molar-refractivity contribution in [3.05, 3.63) is 102 Å². The molecular weight excluding hydrogens is 382 g/mol. The molecule has 0 aliphatic carbocycles. The van der Waals surface area contributed by atoms with E-state index in [1.165, 1.54) is 12.1 Å². The quantitative estimate of drug-likeness (QED) is 0.359. The van der Waals surface area contributed by atoms with Crippen LogP contribution in [0.4, 0.5) is 5.69 Å². The van der Waals surface area contributed by atoms with E-state index >= 15 is 0 Å². The molecule has 3 aromatic carbocycles. The molecule has 0 saturated heterocycles. The van der Waals surface area contributed by atoms with Crippen LogP contribution in [0.2, 0.25) is 0 Å². The Bertz CT molecular complexity index is 1010. The van der Waals surface area contributed by atoms with Crippen molar-refractivity contribution < 1.29 is 19.6 Å². The summed E-state index contributed by atoms with van der Waals surface area (Å²) in [6.45, 7) is 0. The summed E-state index contributed by atoms with van der Waals surface area (Å²) in [4.78, 5) is 36.9. The molecule has 152 valence electrons. The zero-order chi connectivity index (χ0) is 21.3. The zero-order valence-corrected chi connectivity index (χ0v) is 16.0. The molecule has 1 unspecified atom stereocenters. The van der Waals surface area contributed by atoms with Crippen molar-refractivity contribution in [2.75, 3.05) is 5.32 Å². The van der Waals surface area contributed by atoms with Gasteiger partial charge in [0.1, 0.15) is 6.04 Å². The number of rotatable bonds is 7. The molecule has 0 fully saturated rings. The second-order valence-electron chi connectivity index (χ2n) is 6.59. The maximum Gasteiger partial charge on any atom is 0.274 e. The molecule has 0 aromatic heterocycles. The van der Waals surface area contributed by atoms with E-state index in [0.717, 1.165) is 5.56 Å². The topological polar surface area (TPSA) is 108 Å². The van der Waals surface area contributed by atoms with E-state index in [0.29, 0.717) is 17.7 Å². The van der Waals surface area contributed by atoms with Crippen LogP contribution in [0, 0.1) is 0 Å². The van der Waals surface area contributed by atoms with E-state index in [9.17, 15) is 14.4 Å². The summed E-state index contributed by atoms with van der Waals surface area (Å²) >= 11 is 0. The van der Waals surface area contributed by atoms with Crippen molar-refractivity contribution in [2.45, 2.75) is 12.5 Å². The van der Waals surface area contributed by atoms with Crippen molar-refractivity contribution in [1.82, 2.24) is 10.8 Å². The van der Waals surface area contributed by atoms with Gasteiger partial charge in [0.15, 0.2) is 0 Å². The number of carbonyl (C=O) groups excluding carboxylic acids is 3. The fourth-order valence-electron chi connectivity index (χ4n) is 2.89. The molecule has 3 amide bonds. The highest BCUT2D eigenvalue weighted by Crippen LogP contribution is 2.12. The third-order valence-electron chi connectivity index (χ3n) is 4.46. The van der Waals surface area contributed by atoms with Gasteiger partial charge in [0, 0.05) is 23.2 Å². The Balaban J connectivity index is 1.75. The molecule has 0 bridgehead atoms. The van der Waals surface area contributed by atoms with E-state index in [1.54, 1.807) is 41.9 Å². The molecule has 1 atom stereocenters. The van der Waals surface area contributed by atoms with Crippen LogP contribution in [-0.2, 0) is 11.2 Å². The molecule has 0 aliphatic heterocycles. The van der Waals surface area contributed by atoms with Gasteiger partial charge in [-0.05, 0) is 42.0 Å². The molecule has 7 nitrogen and oxygen atoms in total. The van der Waals surface area contributed by atoms with Gasteiger partial charge in [0.05, 0.1) is 0 Å². The molecule has 4 N–H and O–H groups in total. The second kappa shape index (κ2) is 9.99. The lowest BCUT2D eigenvalue weighted by molar-refractivity contribution is -0.118. The summed E-state index contributed by atoms with van der Waals surface area (Å²) in [5, 5.41) is 14.2. The molecule has 7 heteroatoms. The Morgan fingerprint density at radius 3 is 1.90 bits per heavy atom. The van der Waals surface area contributed by atoms with Gasteiger partial charge < -0.3 is 10.6 Å². The predicted octanol–water partition coefficient (Wildman–Crippen LogP) is 2.79. The average molecular weight is 403 g/mol. The van der Waals surface area contributed by atoms with E-state index < -0.39 is 11.9 Å². The minimum absolute atomic E-state index is 0.244. The summed E-state index contributed by atoms with van der Waals surface area (Å²) in [7, 11) is 0. The average Bonchev–Trinajstić information content (AvgIpc) is 2.79. The monoisotopic (exact) mass is 403 g/mol. The number of amides is 3. The number of hydrogen-bond donors (Lipinski definition) is 4. The zero-order valence-electron chi connectivity index (χ0n) is 16.0. The largest absolute Gasteiger partial charge is 0.340 e. The SMILES string of the molecule is O=C(NO)c1ccc(NC(=O)C(Cc2ccccc2)NC(=O)c2ccccc2)cc1. The summed E-state index contributed by atoms with van der Waals surface area (Å²) in [6, 6.07) is 23.3. The van der Waals surface area contributed by atoms with Crippen LogP contribution in [0.5, 0.6) is 0 Å². The number of hydroxylamine groups is 1. The van der Waals surface area contributed by atoms with Gasteiger partial charge >= 0.3 is 0 Å². The first kappa shape index (κ1) is 20.8. The van der Waals surface area contributed by atoms with Gasteiger partial charge in [0.25, 0.3) is 11.8 Å². The third kappa shape index (κ3) is 5.52. The van der Waals surface area contributed by atoms with Gasteiger partial charge in [-0.3, -0.25) is 19.6 Å². The number of benzene rings is 3. The van der Waals surface area contributed by atoms with E-state index in [1.807, 2.05) is 36.4 Å². The molecule has 0 heterocycles. The van der Waals surface area contributed by atoms with Crippen molar-refractivity contribution in [3.63, 3.8) is 0 Å². The fraction of sp³-hybridized carbons (Fsp3) is 0.0870. The smallest absolute Gasteiger partial charge is 0.274 e. The lowest BCUT2D eigenvalue weighted by atomic mass is 10.0. The minimum Gasteiger partial charge on any atom is -0.340 e. The lowest BCUT2D eigenvalue weighted by Gasteiger charge is -2.19. The standard InChI is InChI=1S/C23H21N3O4/c27-21(17-9-5-2-6-10-17)25-20(15-16-7-3-1-4-8-16)23(29)24-19-13-11-18(12-14-19)22(28)26-30/h1-14,20,30H,15H2,(H,24,29)(H,25,27)(H,26,28). The minimum atomic E-state index is -0.805. The summed E-state index contributed by atoms with van der Waals surface area (Å²) in [6.07, 6.45) is 0.316. The van der Waals surface area contributed by atoms with Crippen LogP contribution in [0.15, 0.2) is 84.9 Å². The van der Waals surface area contributed by atoms with Crippen LogP contribution in [0.1, 0.15) is 26.3 Å². The van der Waals surface area contributed by atoms with Crippen molar-refractivity contribution in [2.24, 2.45) is 0 Å². The maximum absolute atomic E-state index is 12.9. The number of carbonyl (C=O) groups is 3. The Morgan fingerprint density at radius 2 is 1.30 bits per heavy atom. The first-order valence-electron chi connectivity index (χ1n) is 9.32. The van der Waals surface area contributed by atoms with Crippen LogP contribution in [-0.4, -0.2) is 29.0 Å². The highest BCUT2D eigenvalue weighted by molar-refractivity contribution is 6.01. The van der Waals surface area contributed by atoms with E-state index in [2.05, 4.69) is 10.6 Å². The summed E-state index contributed by atoms with van der Waals surface area (Å²) in [5.41, 5.74) is 3.62. The third-order valence-corrected chi connectivity index (χ3v) is 4.46. The van der Waals surface area contributed by atoms with Gasteiger partial charge in [0.2, 0.25) is 5.91 Å². The molecule has 0 saturated carbocycles. The van der Waals surface area contributed by atoms with Crippen molar-refractivity contribution in [1.29, 1.82) is 0 Å². The number of hydrogen-bond acceptors (Lipinski definition) is 4. The fourth-order valence-corrected chi connectivity index (χ4v) is 2.89. The molecule has 0 aliphatic rings. The second-order valence-corrected chi connectivity index (χ2v) is 6.59. The molecular formula is C23H21N3O4. The van der Waals surface area contributed by atoms with Crippen LogP contribution < -0.4 is 16.1 Å². The predicted molar refractivity (Wildman–Crippen MR) is 112 cm³/mol. The van der Waals surface area contributed by atoms with Crippen LogP contribution in [0.25, 0.3) is 0 Å². The normalized spacial score (nSPS) is 11.2. The molecule has 3 rings (SSSR count). The van der Waals surface area contributed by atoms with E-state index in [-0.39, 0.29) is 17.4 Å². The molecule has 30 heavy (non-hydrogen) atoms. The van der Waals surface area contributed by atoms with Gasteiger partial charge in [-0.1, -0.05) is 48.5 Å². The van der Waals surface area contributed by atoms with Crippen LogP contribution in [0.3, 0.4) is 0 Å². The maximum atomic E-state index is 12.9. The Kier molecular flexibility index (Phi) is 6.91. The van der Waals surface area contributed by atoms with Crippen LogP contribution >= 0.6 is 0 Å². The number of anilines is 1. The highest BCUT2D eigenvalue weighted by Gasteiger charge is 2.22. The number of nitrogens with one attached hydrogen (secondary N) is 3. The Morgan fingerprint density at radius 1 is 0.733 bits per heavy atom. The summed E-state index contributed by atoms with van der Waals surface area (Å²) < 4.78 is 0. The summed E-state index contributed by atoms with van der Waals surface area (Å²) in [5.74, 6) is -1.38. The van der Waals surface area contributed by atoms with Gasteiger partial charge in [-0.15, -0.1) is 0 Å². The van der Waals surface area contributed by atoms with Gasteiger partial charge in [-0.2, -0.15) is 0 Å². The highest BCUT2D eigenvalue weighted by atomic mass is 16.5. The van der Waals surface area contributed by atoms with E-state index in [4.69, 9.17) is 5.21 Å². The first-order valence-corrected chi connectivity index (χ1v) is 9.32. The van der Waals surface area contributed by atoms with Crippen molar-refractivity contribution >= 4 is 23.4 Å². The first-order chi connectivity index (χ1) is 14.6. The Labute approximate surface area is 173 Å². The molecule has 0 spiro atoms. The molecule has 3 aromatic rings. The Hall–Kier alpha value is -3.97. The lowest BCUT2D eigenvalue weighted by Crippen LogP contribution is -2.45. The van der Waals surface area contributed by atoms with Crippen molar-refractivity contribution in [3.8, 4) is 0 Å².